The zero-order chi connectivity index (χ0) is 14.7. The molecule has 4 nitrogen and oxygen atoms in total. The highest BCUT2D eigenvalue weighted by atomic mass is 16.2. The van der Waals surface area contributed by atoms with Crippen LogP contribution in [-0.2, 0) is 9.59 Å². The Hall–Kier alpha value is -1.06. The summed E-state index contributed by atoms with van der Waals surface area (Å²) in [5.41, 5.74) is 0. The van der Waals surface area contributed by atoms with E-state index in [-0.39, 0.29) is 23.8 Å². The molecule has 0 aromatic rings. The van der Waals surface area contributed by atoms with Gasteiger partial charge in [0.05, 0.1) is 0 Å². The number of amides is 2. The minimum atomic E-state index is 0.00846. The van der Waals surface area contributed by atoms with Crippen molar-refractivity contribution in [2.24, 2.45) is 17.8 Å². The minimum Gasteiger partial charge on any atom is -0.351 e. The van der Waals surface area contributed by atoms with Gasteiger partial charge in [-0.2, -0.15) is 0 Å². The zero-order valence-electron chi connectivity index (χ0n) is 13.0. The van der Waals surface area contributed by atoms with E-state index in [9.17, 15) is 9.59 Å². The summed E-state index contributed by atoms with van der Waals surface area (Å²) < 4.78 is 0. The van der Waals surface area contributed by atoms with Crippen LogP contribution in [0.25, 0.3) is 0 Å². The average Bonchev–Trinajstić information content (AvgIpc) is 3.21. The van der Waals surface area contributed by atoms with Crippen molar-refractivity contribution in [3.63, 3.8) is 0 Å². The number of nitrogens with one attached hydrogen (secondary N) is 1. The minimum absolute atomic E-state index is 0.00846. The van der Waals surface area contributed by atoms with Crippen LogP contribution in [0.5, 0.6) is 0 Å². The highest BCUT2D eigenvalue weighted by Gasteiger charge is 2.34. The van der Waals surface area contributed by atoms with Gasteiger partial charge in [-0.3, -0.25) is 9.59 Å². The van der Waals surface area contributed by atoms with Crippen molar-refractivity contribution in [2.45, 2.75) is 58.9 Å². The highest BCUT2D eigenvalue weighted by molar-refractivity contribution is 5.79. The van der Waals surface area contributed by atoms with Crippen LogP contribution < -0.4 is 5.32 Å². The number of rotatable bonds is 5. The molecule has 1 aliphatic carbocycles. The van der Waals surface area contributed by atoms with E-state index in [2.05, 4.69) is 5.32 Å². The van der Waals surface area contributed by atoms with Gasteiger partial charge in [-0.05, 0) is 24.7 Å². The van der Waals surface area contributed by atoms with Gasteiger partial charge in [0.1, 0.15) is 0 Å². The Bertz CT molecular complexity index is 363. The first kappa shape index (κ1) is 15.3. The molecule has 1 saturated heterocycles. The van der Waals surface area contributed by atoms with Crippen LogP contribution in [0.1, 0.15) is 52.9 Å². The lowest BCUT2D eigenvalue weighted by atomic mass is 9.89. The van der Waals surface area contributed by atoms with Gasteiger partial charge < -0.3 is 10.2 Å². The Labute approximate surface area is 122 Å². The van der Waals surface area contributed by atoms with Crippen LogP contribution >= 0.6 is 0 Å². The Morgan fingerprint density at radius 3 is 2.45 bits per heavy atom. The summed E-state index contributed by atoms with van der Waals surface area (Å²) in [4.78, 5) is 25.8. The molecule has 0 aromatic carbocycles. The third kappa shape index (κ3) is 4.22. The lowest BCUT2D eigenvalue weighted by Gasteiger charge is -2.38. The first-order valence-electron chi connectivity index (χ1n) is 8.07. The average molecular weight is 280 g/mol. The Morgan fingerprint density at radius 1 is 1.20 bits per heavy atom. The van der Waals surface area contributed by atoms with Crippen molar-refractivity contribution < 1.29 is 9.59 Å². The molecule has 2 rings (SSSR count). The van der Waals surface area contributed by atoms with Gasteiger partial charge in [-0.1, -0.05) is 33.6 Å². The summed E-state index contributed by atoms with van der Waals surface area (Å²) in [7, 11) is 0. The van der Waals surface area contributed by atoms with Crippen molar-refractivity contribution >= 4 is 11.8 Å². The third-order valence-electron chi connectivity index (χ3n) is 4.43. The maximum Gasteiger partial charge on any atom is 0.222 e. The molecular formula is C16H28N2O2. The van der Waals surface area contributed by atoms with Gasteiger partial charge in [0.25, 0.3) is 0 Å². The molecule has 0 radical (unpaired) electrons. The molecule has 2 amide bonds. The molecule has 20 heavy (non-hydrogen) atoms. The molecule has 2 unspecified atom stereocenters. The maximum atomic E-state index is 12.0. The highest BCUT2D eigenvalue weighted by Crippen LogP contribution is 2.37. The molecule has 2 fully saturated rings. The van der Waals surface area contributed by atoms with E-state index in [0.717, 1.165) is 18.9 Å². The van der Waals surface area contributed by atoms with Crippen molar-refractivity contribution in [1.29, 1.82) is 0 Å². The maximum absolute atomic E-state index is 12.0. The standard InChI is InChI=1S/C16H28N2O2/c1-4-15(19)18-9-13(7-12-5-6-12)8-14(10-18)17-16(20)11(2)3/h11-14H,4-10H2,1-3H3,(H,17,20). The lowest BCUT2D eigenvalue weighted by Crippen LogP contribution is -2.53. The number of nitrogens with zero attached hydrogens (tertiary/aromatic N) is 1. The smallest absolute Gasteiger partial charge is 0.222 e. The fourth-order valence-corrected chi connectivity index (χ4v) is 3.10. The van der Waals surface area contributed by atoms with E-state index in [1.807, 2.05) is 25.7 Å². The second-order valence-electron chi connectivity index (χ2n) is 6.79. The first-order valence-corrected chi connectivity index (χ1v) is 8.07. The molecule has 114 valence electrons. The molecule has 1 saturated carbocycles. The second-order valence-corrected chi connectivity index (χ2v) is 6.79. The summed E-state index contributed by atoms with van der Waals surface area (Å²) in [5.74, 6) is 1.76. The quantitative estimate of drug-likeness (QED) is 0.839. The van der Waals surface area contributed by atoms with E-state index in [1.54, 1.807) is 0 Å². The summed E-state index contributed by atoms with van der Waals surface area (Å²) >= 11 is 0. The van der Waals surface area contributed by atoms with Gasteiger partial charge in [0.15, 0.2) is 0 Å². The van der Waals surface area contributed by atoms with Crippen LogP contribution in [0.3, 0.4) is 0 Å². The van der Waals surface area contributed by atoms with Crippen LogP contribution in [0.2, 0.25) is 0 Å². The number of carbonyl (C=O) groups is 2. The topological polar surface area (TPSA) is 49.4 Å². The van der Waals surface area contributed by atoms with Gasteiger partial charge in [0.2, 0.25) is 11.8 Å². The van der Waals surface area contributed by atoms with E-state index in [0.29, 0.717) is 18.9 Å². The predicted octanol–water partition coefficient (Wildman–Crippen LogP) is 2.19. The normalized spacial score (nSPS) is 26.7. The van der Waals surface area contributed by atoms with Crippen LogP contribution in [0.4, 0.5) is 0 Å². The van der Waals surface area contributed by atoms with Crippen molar-refractivity contribution in [1.82, 2.24) is 10.2 Å². The van der Waals surface area contributed by atoms with Gasteiger partial charge >= 0.3 is 0 Å². The van der Waals surface area contributed by atoms with E-state index < -0.39 is 0 Å². The van der Waals surface area contributed by atoms with Gasteiger partial charge in [-0.15, -0.1) is 0 Å². The van der Waals surface area contributed by atoms with E-state index in [4.69, 9.17) is 0 Å². The Morgan fingerprint density at radius 2 is 1.90 bits per heavy atom. The first-order chi connectivity index (χ1) is 9.49. The molecule has 1 heterocycles. The number of carbonyl (C=O) groups excluding carboxylic acids is 2. The molecule has 1 aliphatic heterocycles. The van der Waals surface area contributed by atoms with Crippen LogP contribution in [-0.4, -0.2) is 35.8 Å². The Kier molecular flexibility index (Phi) is 5.06. The number of likely N-dealkylation sites (tertiary alicyclic amines) is 1. The molecular weight excluding hydrogens is 252 g/mol. The summed E-state index contributed by atoms with van der Waals surface area (Å²) in [5, 5.41) is 3.12. The molecule has 0 bridgehead atoms. The van der Waals surface area contributed by atoms with Gasteiger partial charge in [0, 0.05) is 31.5 Å². The largest absolute Gasteiger partial charge is 0.351 e. The SMILES string of the molecule is CCC(=O)N1CC(CC2CC2)CC(NC(=O)C(C)C)C1. The molecule has 2 aliphatic rings. The molecule has 2 atom stereocenters. The fourth-order valence-electron chi connectivity index (χ4n) is 3.10. The lowest BCUT2D eigenvalue weighted by molar-refractivity contribution is -0.135. The summed E-state index contributed by atoms with van der Waals surface area (Å²) in [6, 6.07) is 0.137. The zero-order valence-corrected chi connectivity index (χ0v) is 13.0. The summed E-state index contributed by atoms with van der Waals surface area (Å²) in [6.45, 7) is 7.31. The fraction of sp³-hybridized carbons (Fsp3) is 0.875. The van der Waals surface area contributed by atoms with Crippen molar-refractivity contribution in [2.75, 3.05) is 13.1 Å². The van der Waals surface area contributed by atoms with Gasteiger partial charge in [-0.25, -0.2) is 0 Å². The Balaban J connectivity index is 1.95. The monoisotopic (exact) mass is 280 g/mol. The predicted molar refractivity (Wildman–Crippen MR) is 79.1 cm³/mol. The van der Waals surface area contributed by atoms with Crippen molar-refractivity contribution in [3.8, 4) is 0 Å². The molecule has 1 N–H and O–H groups in total. The van der Waals surface area contributed by atoms with E-state index >= 15 is 0 Å². The number of hydrogen-bond donors (Lipinski definition) is 1. The third-order valence-corrected chi connectivity index (χ3v) is 4.43. The molecule has 0 aromatic heterocycles. The van der Waals surface area contributed by atoms with Crippen LogP contribution in [0, 0.1) is 17.8 Å². The summed E-state index contributed by atoms with van der Waals surface area (Å²) in [6.07, 6.45) is 5.51. The van der Waals surface area contributed by atoms with Crippen LogP contribution in [0.15, 0.2) is 0 Å². The number of piperidine rings is 1. The van der Waals surface area contributed by atoms with Crippen molar-refractivity contribution in [3.05, 3.63) is 0 Å². The second kappa shape index (κ2) is 6.59. The number of hydrogen-bond acceptors (Lipinski definition) is 2. The van der Waals surface area contributed by atoms with E-state index in [1.165, 1.54) is 19.3 Å². The molecule has 4 heteroatoms. The molecule has 0 spiro atoms.